The van der Waals surface area contributed by atoms with Gasteiger partial charge in [-0.05, 0) is 12.8 Å². The lowest BCUT2D eigenvalue weighted by molar-refractivity contribution is 0.268. The highest BCUT2D eigenvalue weighted by Gasteiger charge is 2.19. The Balaban J connectivity index is 2.03. The molecule has 0 bridgehead atoms. The number of aliphatic hydroxyl groups excluding tert-OH is 1. The van der Waals surface area contributed by atoms with E-state index in [0.717, 1.165) is 5.69 Å². The molecular weight excluding hydrogens is 166 g/mol. The van der Waals surface area contributed by atoms with Gasteiger partial charge in [-0.2, -0.15) is 0 Å². The molecule has 0 radical (unpaired) electrons. The molecule has 0 aromatic carbocycles. The second kappa shape index (κ2) is 3.87. The van der Waals surface area contributed by atoms with Crippen molar-refractivity contribution < 1.29 is 5.11 Å². The monoisotopic (exact) mass is 181 g/mol. The number of aliphatic hydroxyl groups is 1. The van der Waals surface area contributed by atoms with Crippen molar-refractivity contribution in [3.05, 3.63) is 11.9 Å². The topological polar surface area (TPSA) is 50.9 Å². The minimum Gasteiger partial charge on any atom is -0.394 e. The molecule has 0 amide bonds. The van der Waals surface area contributed by atoms with Crippen LogP contribution in [0, 0.1) is 0 Å². The fraction of sp³-hybridized carbons (Fsp3) is 0.778. The van der Waals surface area contributed by atoms with Gasteiger partial charge in [0, 0.05) is 12.1 Å². The third kappa shape index (κ3) is 1.88. The van der Waals surface area contributed by atoms with Gasteiger partial charge in [0.25, 0.3) is 0 Å². The van der Waals surface area contributed by atoms with Gasteiger partial charge in [-0.1, -0.05) is 18.1 Å². The van der Waals surface area contributed by atoms with Gasteiger partial charge in [0.2, 0.25) is 0 Å². The Bertz CT molecular complexity index is 266. The van der Waals surface area contributed by atoms with Gasteiger partial charge < -0.3 is 5.11 Å². The maximum atomic E-state index is 8.71. The highest BCUT2D eigenvalue weighted by atomic mass is 16.3. The van der Waals surface area contributed by atoms with E-state index in [1.54, 1.807) is 4.68 Å². The molecule has 1 saturated carbocycles. The van der Waals surface area contributed by atoms with E-state index in [4.69, 9.17) is 5.11 Å². The number of nitrogens with zero attached hydrogens (tertiary/aromatic N) is 3. The summed E-state index contributed by atoms with van der Waals surface area (Å²) >= 11 is 0. The Kier molecular flexibility index (Phi) is 2.59. The summed E-state index contributed by atoms with van der Waals surface area (Å²) in [6.07, 6.45) is 7.09. The fourth-order valence-electron chi connectivity index (χ4n) is 1.93. The second-order valence-corrected chi connectivity index (χ2v) is 3.61. The Morgan fingerprint density at radius 2 is 2.23 bits per heavy atom. The lowest BCUT2D eigenvalue weighted by atomic mass is 10.1. The SMILES string of the molecule is OCCn1cc(C2CCCC2)nn1. The Morgan fingerprint density at radius 1 is 1.46 bits per heavy atom. The molecule has 1 N–H and O–H groups in total. The van der Waals surface area contributed by atoms with Crippen molar-refractivity contribution in [2.24, 2.45) is 0 Å². The summed E-state index contributed by atoms with van der Waals surface area (Å²) in [7, 11) is 0. The Hall–Kier alpha value is -0.900. The highest BCUT2D eigenvalue weighted by Crippen LogP contribution is 2.32. The number of aromatic nitrogens is 3. The minimum atomic E-state index is 0.132. The van der Waals surface area contributed by atoms with Crippen molar-refractivity contribution in [3.63, 3.8) is 0 Å². The molecule has 0 spiro atoms. The Morgan fingerprint density at radius 3 is 2.92 bits per heavy atom. The van der Waals surface area contributed by atoms with Gasteiger partial charge in [0.15, 0.2) is 0 Å². The van der Waals surface area contributed by atoms with Gasteiger partial charge >= 0.3 is 0 Å². The molecule has 0 aliphatic heterocycles. The molecule has 0 atom stereocenters. The van der Waals surface area contributed by atoms with Crippen molar-refractivity contribution in [1.82, 2.24) is 15.0 Å². The molecular formula is C9H15N3O. The van der Waals surface area contributed by atoms with Crippen LogP contribution in [0.15, 0.2) is 6.20 Å². The van der Waals surface area contributed by atoms with E-state index in [1.807, 2.05) is 6.20 Å². The van der Waals surface area contributed by atoms with Crippen LogP contribution >= 0.6 is 0 Å². The summed E-state index contributed by atoms with van der Waals surface area (Å²) in [6, 6.07) is 0. The average molecular weight is 181 g/mol. The number of rotatable bonds is 3. The lowest BCUT2D eigenvalue weighted by Gasteiger charge is -2.01. The van der Waals surface area contributed by atoms with Crippen molar-refractivity contribution in [2.45, 2.75) is 38.1 Å². The molecule has 4 heteroatoms. The zero-order chi connectivity index (χ0) is 9.10. The van der Waals surface area contributed by atoms with E-state index in [9.17, 15) is 0 Å². The standard InChI is InChI=1S/C9H15N3O/c13-6-5-12-7-9(10-11-12)8-3-1-2-4-8/h7-8,13H,1-6H2. The average Bonchev–Trinajstić information content (AvgIpc) is 2.70. The van der Waals surface area contributed by atoms with E-state index >= 15 is 0 Å². The first-order valence-electron chi connectivity index (χ1n) is 4.91. The molecule has 0 unspecified atom stereocenters. The summed E-state index contributed by atoms with van der Waals surface area (Å²) in [4.78, 5) is 0. The van der Waals surface area contributed by atoms with E-state index < -0.39 is 0 Å². The highest BCUT2D eigenvalue weighted by molar-refractivity contribution is 5.03. The second-order valence-electron chi connectivity index (χ2n) is 3.61. The lowest BCUT2D eigenvalue weighted by Crippen LogP contribution is -2.02. The number of hydrogen-bond donors (Lipinski definition) is 1. The van der Waals surface area contributed by atoms with Crippen LogP contribution in [-0.2, 0) is 6.54 Å². The van der Waals surface area contributed by atoms with E-state index in [0.29, 0.717) is 12.5 Å². The quantitative estimate of drug-likeness (QED) is 0.754. The third-order valence-electron chi connectivity index (χ3n) is 2.66. The van der Waals surface area contributed by atoms with Crippen LogP contribution in [0.2, 0.25) is 0 Å². The minimum absolute atomic E-state index is 0.132. The summed E-state index contributed by atoms with van der Waals surface area (Å²) in [5.41, 5.74) is 1.10. The fourth-order valence-corrected chi connectivity index (χ4v) is 1.93. The van der Waals surface area contributed by atoms with Crippen LogP contribution in [0.1, 0.15) is 37.3 Å². The van der Waals surface area contributed by atoms with E-state index in [-0.39, 0.29) is 6.61 Å². The molecule has 13 heavy (non-hydrogen) atoms. The Labute approximate surface area is 77.6 Å². The molecule has 1 aliphatic rings. The third-order valence-corrected chi connectivity index (χ3v) is 2.66. The molecule has 1 aromatic rings. The van der Waals surface area contributed by atoms with Crippen LogP contribution in [-0.4, -0.2) is 26.7 Å². The largest absolute Gasteiger partial charge is 0.394 e. The van der Waals surface area contributed by atoms with Crippen LogP contribution < -0.4 is 0 Å². The van der Waals surface area contributed by atoms with Crippen LogP contribution in [0.4, 0.5) is 0 Å². The molecule has 1 heterocycles. The zero-order valence-corrected chi connectivity index (χ0v) is 7.69. The smallest absolute Gasteiger partial charge is 0.0857 e. The molecule has 4 nitrogen and oxygen atoms in total. The van der Waals surface area contributed by atoms with Crippen LogP contribution in [0.25, 0.3) is 0 Å². The molecule has 1 aromatic heterocycles. The summed E-state index contributed by atoms with van der Waals surface area (Å²) in [5.74, 6) is 0.618. The molecule has 1 aliphatic carbocycles. The predicted octanol–water partition coefficient (Wildman–Crippen LogP) is 0.928. The van der Waals surface area contributed by atoms with Crippen LogP contribution in [0.5, 0.6) is 0 Å². The molecule has 2 rings (SSSR count). The molecule has 1 fully saturated rings. The van der Waals surface area contributed by atoms with Gasteiger partial charge in [-0.3, -0.25) is 0 Å². The van der Waals surface area contributed by atoms with Crippen LogP contribution in [0.3, 0.4) is 0 Å². The predicted molar refractivity (Wildman–Crippen MR) is 48.3 cm³/mol. The van der Waals surface area contributed by atoms with Gasteiger partial charge in [0.05, 0.1) is 18.8 Å². The summed E-state index contributed by atoms with van der Waals surface area (Å²) in [6.45, 7) is 0.688. The van der Waals surface area contributed by atoms with Crippen molar-refractivity contribution in [2.75, 3.05) is 6.61 Å². The van der Waals surface area contributed by atoms with Gasteiger partial charge in [0.1, 0.15) is 0 Å². The summed E-state index contributed by atoms with van der Waals surface area (Å²) in [5, 5.41) is 16.8. The number of hydrogen-bond acceptors (Lipinski definition) is 3. The van der Waals surface area contributed by atoms with Crippen molar-refractivity contribution in [3.8, 4) is 0 Å². The van der Waals surface area contributed by atoms with Gasteiger partial charge in [-0.25, -0.2) is 4.68 Å². The zero-order valence-electron chi connectivity index (χ0n) is 7.69. The van der Waals surface area contributed by atoms with E-state index in [2.05, 4.69) is 10.3 Å². The first kappa shape index (κ1) is 8.69. The van der Waals surface area contributed by atoms with Crippen molar-refractivity contribution >= 4 is 0 Å². The molecule has 0 saturated heterocycles. The maximum absolute atomic E-state index is 8.71. The maximum Gasteiger partial charge on any atom is 0.0857 e. The van der Waals surface area contributed by atoms with Crippen molar-refractivity contribution in [1.29, 1.82) is 0 Å². The molecule has 72 valence electrons. The first-order chi connectivity index (χ1) is 6.40. The van der Waals surface area contributed by atoms with Gasteiger partial charge in [-0.15, -0.1) is 5.10 Å². The normalized spacial score (nSPS) is 18.2. The first-order valence-corrected chi connectivity index (χ1v) is 4.91. The van der Waals surface area contributed by atoms with E-state index in [1.165, 1.54) is 25.7 Å². The summed E-state index contributed by atoms with van der Waals surface area (Å²) < 4.78 is 1.72.